The summed E-state index contributed by atoms with van der Waals surface area (Å²) in [6.45, 7) is 0.846. The van der Waals surface area contributed by atoms with E-state index in [1.165, 1.54) is 11.3 Å². The van der Waals surface area contributed by atoms with Gasteiger partial charge in [0.1, 0.15) is 16.4 Å². The van der Waals surface area contributed by atoms with Crippen molar-refractivity contribution in [2.45, 2.75) is 0 Å². The second kappa shape index (κ2) is 7.39. The van der Waals surface area contributed by atoms with E-state index in [1.54, 1.807) is 18.8 Å². The van der Waals surface area contributed by atoms with Gasteiger partial charge in [-0.2, -0.15) is 0 Å². The molecular formula is C14H17N3O3S2. The van der Waals surface area contributed by atoms with Gasteiger partial charge in [-0.25, -0.2) is 0 Å². The van der Waals surface area contributed by atoms with Crippen molar-refractivity contribution in [3.05, 3.63) is 33.1 Å². The van der Waals surface area contributed by atoms with Crippen molar-refractivity contribution < 1.29 is 14.3 Å². The van der Waals surface area contributed by atoms with Crippen LogP contribution in [0.2, 0.25) is 0 Å². The number of ether oxygens (including phenoxy) is 2. The quantitative estimate of drug-likeness (QED) is 0.623. The maximum atomic E-state index is 12.2. The lowest BCUT2D eigenvalue weighted by Crippen LogP contribution is -2.27. The topological polar surface area (TPSA) is 78.5 Å². The minimum atomic E-state index is -0.265. The summed E-state index contributed by atoms with van der Waals surface area (Å²) in [5.74, 6) is 0.670. The third kappa shape index (κ3) is 3.29. The molecule has 0 unspecified atom stereocenters. The normalized spacial score (nSPS) is 10.5. The first-order valence-electron chi connectivity index (χ1n) is 6.52. The molecule has 2 aromatic rings. The van der Waals surface area contributed by atoms with Gasteiger partial charge in [0, 0.05) is 13.7 Å². The molecule has 0 fully saturated rings. The van der Waals surface area contributed by atoms with Crippen LogP contribution in [0.1, 0.15) is 9.67 Å². The number of nitrogens with one attached hydrogen (secondary N) is 1. The SMILES string of the molecule is COCCNC(=O)c1sc(=S)n(-c2ccccc2OC)c1N. The number of nitrogens with zero attached hydrogens (tertiary/aromatic N) is 1. The lowest BCUT2D eigenvalue weighted by molar-refractivity contribution is 0.0941. The van der Waals surface area contributed by atoms with E-state index in [0.717, 1.165) is 0 Å². The van der Waals surface area contributed by atoms with E-state index in [1.807, 2.05) is 24.3 Å². The van der Waals surface area contributed by atoms with E-state index in [9.17, 15) is 4.79 Å². The van der Waals surface area contributed by atoms with Crippen molar-refractivity contribution in [2.75, 3.05) is 33.1 Å². The van der Waals surface area contributed by atoms with Gasteiger partial charge in [-0.05, 0) is 24.4 Å². The van der Waals surface area contributed by atoms with Gasteiger partial charge in [-0.3, -0.25) is 9.36 Å². The Balaban J connectivity index is 2.39. The second-order valence-electron chi connectivity index (χ2n) is 4.34. The number of hydrogen-bond acceptors (Lipinski definition) is 6. The third-order valence-corrected chi connectivity index (χ3v) is 4.36. The molecule has 0 saturated heterocycles. The average molecular weight is 339 g/mol. The maximum Gasteiger partial charge on any atom is 0.265 e. The summed E-state index contributed by atoms with van der Waals surface area (Å²) in [5.41, 5.74) is 6.83. The molecule has 22 heavy (non-hydrogen) atoms. The van der Waals surface area contributed by atoms with Crippen LogP contribution in [0.15, 0.2) is 24.3 Å². The van der Waals surface area contributed by atoms with Crippen LogP contribution in [0.4, 0.5) is 5.82 Å². The van der Waals surface area contributed by atoms with Crippen LogP contribution >= 0.6 is 23.6 Å². The number of methoxy groups -OCH3 is 2. The van der Waals surface area contributed by atoms with Crippen LogP contribution in [-0.2, 0) is 4.74 Å². The number of thiazole rings is 1. The van der Waals surface area contributed by atoms with Crippen molar-refractivity contribution >= 4 is 35.3 Å². The molecule has 1 heterocycles. The Morgan fingerprint density at radius 3 is 2.82 bits per heavy atom. The molecule has 3 N–H and O–H groups in total. The van der Waals surface area contributed by atoms with E-state index >= 15 is 0 Å². The monoisotopic (exact) mass is 339 g/mol. The third-order valence-electron chi connectivity index (χ3n) is 2.97. The number of hydrogen-bond donors (Lipinski definition) is 2. The molecule has 0 saturated carbocycles. The zero-order valence-electron chi connectivity index (χ0n) is 12.3. The first-order valence-corrected chi connectivity index (χ1v) is 7.74. The fraction of sp³-hybridized carbons (Fsp3) is 0.286. The number of nitrogens with two attached hydrogens (primary N) is 1. The first kappa shape index (κ1) is 16.5. The molecule has 6 nitrogen and oxygen atoms in total. The molecule has 0 atom stereocenters. The van der Waals surface area contributed by atoms with Gasteiger partial charge in [-0.15, -0.1) is 0 Å². The van der Waals surface area contributed by atoms with Gasteiger partial charge in [-0.1, -0.05) is 23.5 Å². The molecule has 118 valence electrons. The Morgan fingerprint density at radius 1 is 1.41 bits per heavy atom. The molecule has 0 aliphatic rings. The highest BCUT2D eigenvalue weighted by atomic mass is 32.1. The summed E-state index contributed by atoms with van der Waals surface area (Å²) in [4.78, 5) is 12.5. The molecule has 1 aromatic carbocycles. The van der Waals surface area contributed by atoms with Crippen molar-refractivity contribution in [1.29, 1.82) is 0 Å². The maximum absolute atomic E-state index is 12.2. The van der Waals surface area contributed by atoms with E-state index in [4.69, 9.17) is 27.4 Å². The van der Waals surface area contributed by atoms with Crippen LogP contribution in [0.3, 0.4) is 0 Å². The standard InChI is InChI=1S/C14H17N3O3S2/c1-19-8-7-16-13(18)11-12(15)17(14(21)22-11)9-5-3-4-6-10(9)20-2/h3-6H,7-8,15H2,1-2H3,(H,16,18). The number of carbonyl (C=O) groups is 1. The van der Waals surface area contributed by atoms with Crippen molar-refractivity contribution in [3.8, 4) is 11.4 Å². The fourth-order valence-electron chi connectivity index (χ4n) is 1.94. The number of rotatable bonds is 6. The number of benzene rings is 1. The Labute approximate surface area is 137 Å². The smallest absolute Gasteiger partial charge is 0.265 e. The Hall–Kier alpha value is -1.90. The Morgan fingerprint density at radius 2 is 2.14 bits per heavy atom. The summed E-state index contributed by atoms with van der Waals surface area (Å²) in [6, 6.07) is 7.36. The van der Waals surface area contributed by atoms with E-state index in [2.05, 4.69) is 5.32 Å². The molecule has 1 amide bonds. The summed E-state index contributed by atoms with van der Waals surface area (Å²) in [7, 11) is 3.14. The second-order valence-corrected chi connectivity index (χ2v) is 5.98. The lowest BCUT2D eigenvalue weighted by atomic mass is 10.3. The molecule has 8 heteroatoms. The van der Waals surface area contributed by atoms with Gasteiger partial charge >= 0.3 is 0 Å². The first-order chi connectivity index (χ1) is 10.6. The van der Waals surface area contributed by atoms with Crippen LogP contribution in [-0.4, -0.2) is 37.8 Å². The minimum Gasteiger partial charge on any atom is -0.495 e. The number of para-hydroxylation sites is 2. The molecular weight excluding hydrogens is 322 g/mol. The molecule has 1 aromatic heterocycles. The number of nitrogen functional groups attached to an aromatic ring is 1. The van der Waals surface area contributed by atoms with Crippen molar-refractivity contribution in [2.24, 2.45) is 0 Å². The van der Waals surface area contributed by atoms with E-state index in [-0.39, 0.29) is 5.91 Å². The summed E-state index contributed by atoms with van der Waals surface area (Å²) in [6.07, 6.45) is 0. The van der Waals surface area contributed by atoms with Gasteiger partial charge in [0.05, 0.1) is 19.4 Å². The summed E-state index contributed by atoms with van der Waals surface area (Å²) in [5, 5.41) is 2.74. The molecule has 0 bridgehead atoms. The van der Waals surface area contributed by atoms with E-state index < -0.39 is 0 Å². The van der Waals surface area contributed by atoms with Crippen LogP contribution < -0.4 is 15.8 Å². The molecule has 2 rings (SSSR count). The molecule has 0 aliphatic carbocycles. The summed E-state index contributed by atoms with van der Waals surface area (Å²) < 4.78 is 12.4. The predicted octanol–water partition coefficient (Wildman–Crippen LogP) is 2.24. The zero-order valence-corrected chi connectivity index (χ0v) is 13.9. The Bertz CT molecular complexity index is 724. The minimum absolute atomic E-state index is 0.265. The molecule has 0 radical (unpaired) electrons. The number of anilines is 1. The van der Waals surface area contributed by atoms with Crippen molar-refractivity contribution in [1.82, 2.24) is 9.88 Å². The highest BCUT2D eigenvalue weighted by Gasteiger charge is 2.19. The number of amides is 1. The fourth-order valence-corrected chi connectivity index (χ4v) is 3.21. The highest BCUT2D eigenvalue weighted by molar-refractivity contribution is 7.73. The van der Waals surface area contributed by atoms with E-state index in [0.29, 0.717) is 39.2 Å². The molecule has 0 aliphatic heterocycles. The van der Waals surface area contributed by atoms with Gasteiger partial charge in [0.2, 0.25) is 0 Å². The number of aromatic nitrogens is 1. The van der Waals surface area contributed by atoms with Gasteiger partial charge < -0.3 is 20.5 Å². The largest absolute Gasteiger partial charge is 0.495 e. The van der Waals surface area contributed by atoms with Crippen LogP contribution in [0.5, 0.6) is 5.75 Å². The van der Waals surface area contributed by atoms with Crippen LogP contribution in [0, 0.1) is 3.95 Å². The van der Waals surface area contributed by atoms with Gasteiger partial charge in [0.25, 0.3) is 5.91 Å². The zero-order chi connectivity index (χ0) is 16.1. The van der Waals surface area contributed by atoms with Crippen LogP contribution in [0.25, 0.3) is 5.69 Å². The summed E-state index contributed by atoms with van der Waals surface area (Å²) >= 11 is 6.51. The average Bonchev–Trinajstić information content (AvgIpc) is 2.82. The van der Waals surface area contributed by atoms with Gasteiger partial charge in [0.15, 0.2) is 3.95 Å². The van der Waals surface area contributed by atoms with Crippen molar-refractivity contribution in [3.63, 3.8) is 0 Å². The predicted molar refractivity (Wildman–Crippen MR) is 89.7 cm³/mol. The number of carbonyl (C=O) groups excluding carboxylic acids is 1. The molecule has 0 spiro atoms. The highest BCUT2D eigenvalue weighted by Crippen LogP contribution is 2.30. The Kier molecular flexibility index (Phi) is 5.53. The lowest BCUT2D eigenvalue weighted by Gasteiger charge is -2.11.